The fourth-order valence-electron chi connectivity index (χ4n) is 3.30. The highest BCUT2D eigenvalue weighted by Gasteiger charge is 2.28. The second-order valence-electron chi connectivity index (χ2n) is 6.78. The van der Waals surface area contributed by atoms with E-state index < -0.39 is 6.04 Å². The third-order valence-corrected chi connectivity index (χ3v) is 4.86. The number of nitrogens with one attached hydrogen (secondary N) is 1. The van der Waals surface area contributed by atoms with Gasteiger partial charge in [0.2, 0.25) is 6.41 Å². The van der Waals surface area contributed by atoms with E-state index in [1.807, 2.05) is 62.4 Å². The number of anilines is 2. The van der Waals surface area contributed by atoms with E-state index in [9.17, 15) is 9.59 Å². The van der Waals surface area contributed by atoms with E-state index >= 15 is 0 Å². The van der Waals surface area contributed by atoms with Crippen LogP contribution < -0.4 is 15.0 Å². The molecule has 0 aromatic heterocycles. The second kappa shape index (κ2) is 9.06. The number of hydrogen-bond donors (Lipinski definition) is 1. The molecule has 0 aliphatic rings. The van der Waals surface area contributed by atoms with E-state index in [0.29, 0.717) is 17.8 Å². The largest absolute Gasteiger partial charge is 0.497 e. The van der Waals surface area contributed by atoms with Gasteiger partial charge in [-0.3, -0.25) is 14.5 Å². The van der Waals surface area contributed by atoms with Gasteiger partial charge in [0.1, 0.15) is 11.8 Å². The number of methoxy groups -OCH3 is 1. The fraction of sp³-hybridized carbons (Fsp3) is 0.167. The summed E-state index contributed by atoms with van der Waals surface area (Å²) in [4.78, 5) is 26.9. The van der Waals surface area contributed by atoms with Crippen LogP contribution in [0.1, 0.15) is 22.7 Å². The third kappa shape index (κ3) is 4.46. The van der Waals surface area contributed by atoms with Crippen LogP contribution in [0.5, 0.6) is 5.75 Å². The van der Waals surface area contributed by atoms with Crippen LogP contribution in [0.3, 0.4) is 0 Å². The van der Waals surface area contributed by atoms with Crippen molar-refractivity contribution in [2.24, 2.45) is 0 Å². The van der Waals surface area contributed by atoms with Crippen molar-refractivity contribution in [1.82, 2.24) is 0 Å². The molecule has 2 amide bonds. The topological polar surface area (TPSA) is 58.6 Å². The van der Waals surface area contributed by atoms with Gasteiger partial charge >= 0.3 is 0 Å². The molecular weight excluding hydrogens is 364 g/mol. The first-order chi connectivity index (χ1) is 14.0. The monoisotopic (exact) mass is 388 g/mol. The minimum atomic E-state index is -0.818. The summed E-state index contributed by atoms with van der Waals surface area (Å²) in [6.45, 7) is 3.89. The zero-order chi connectivity index (χ0) is 20.8. The molecule has 5 nitrogen and oxygen atoms in total. The Hall–Kier alpha value is -3.60. The van der Waals surface area contributed by atoms with Gasteiger partial charge in [-0.15, -0.1) is 0 Å². The molecule has 0 saturated carbocycles. The third-order valence-electron chi connectivity index (χ3n) is 4.86. The SMILES string of the molecule is COc1ccc(N(C=O)[C@@H](C(=O)Nc2c(C)cccc2C)c2ccccc2)cc1. The fourth-order valence-corrected chi connectivity index (χ4v) is 3.30. The minimum absolute atomic E-state index is 0.281. The Morgan fingerprint density at radius 1 is 0.931 bits per heavy atom. The lowest BCUT2D eigenvalue weighted by atomic mass is 10.0. The number of carbonyl (C=O) groups excluding carboxylic acids is 2. The molecule has 1 N–H and O–H groups in total. The van der Waals surface area contributed by atoms with Crippen LogP contribution >= 0.6 is 0 Å². The Morgan fingerprint density at radius 2 is 1.55 bits per heavy atom. The van der Waals surface area contributed by atoms with Crippen molar-refractivity contribution in [3.05, 3.63) is 89.5 Å². The van der Waals surface area contributed by atoms with Crippen LogP contribution in [-0.4, -0.2) is 19.4 Å². The molecule has 0 bridgehead atoms. The lowest BCUT2D eigenvalue weighted by Gasteiger charge is -2.28. The van der Waals surface area contributed by atoms with Crippen LogP contribution in [0, 0.1) is 13.8 Å². The maximum Gasteiger partial charge on any atom is 0.252 e. The Kier molecular flexibility index (Phi) is 6.29. The van der Waals surface area contributed by atoms with Crippen LogP contribution in [-0.2, 0) is 9.59 Å². The summed E-state index contributed by atoms with van der Waals surface area (Å²) in [5.41, 5.74) is 4.02. The number of aryl methyl sites for hydroxylation is 2. The zero-order valence-electron chi connectivity index (χ0n) is 16.8. The number of benzene rings is 3. The van der Waals surface area contributed by atoms with Gasteiger partial charge in [0.15, 0.2) is 0 Å². The lowest BCUT2D eigenvalue weighted by molar-refractivity contribution is -0.119. The van der Waals surface area contributed by atoms with Gasteiger partial charge in [0, 0.05) is 11.4 Å². The van der Waals surface area contributed by atoms with Gasteiger partial charge in [-0.25, -0.2) is 0 Å². The maximum atomic E-state index is 13.4. The number of amides is 2. The first-order valence-corrected chi connectivity index (χ1v) is 9.35. The smallest absolute Gasteiger partial charge is 0.252 e. The molecule has 0 aliphatic heterocycles. The van der Waals surface area contributed by atoms with E-state index in [0.717, 1.165) is 22.4 Å². The van der Waals surface area contributed by atoms with Gasteiger partial charge < -0.3 is 10.1 Å². The van der Waals surface area contributed by atoms with E-state index in [4.69, 9.17) is 4.74 Å². The molecule has 1 atom stereocenters. The highest BCUT2D eigenvalue weighted by atomic mass is 16.5. The number of carbonyl (C=O) groups is 2. The highest BCUT2D eigenvalue weighted by Crippen LogP contribution is 2.30. The van der Waals surface area contributed by atoms with E-state index in [-0.39, 0.29) is 5.91 Å². The predicted octanol–water partition coefficient (Wildman–Crippen LogP) is 4.65. The van der Waals surface area contributed by atoms with Crippen molar-refractivity contribution in [2.45, 2.75) is 19.9 Å². The van der Waals surface area contributed by atoms with Crippen LogP contribution in [0.25, 0.3) is 0 Å². The molecule has 3 aromatic carbocycles. The summed E-state index contributed by atoms with van der Waals surface area (Å²) in [5.74, 6) is 0.396. The van der Waals surface area contributed by atoms with Crippen molar-refractivity contribution >= 4 is 23.7 Å². The molecule has 0 fully saturated rings. The van der Waals surface area contributed by atoms with Crippen molar-refractivity contribution < 1.29 is 14.3 Å². The summed E-state index contributed by atoms with van der Waals surface area (Å²) < 4.78 is 5.19. The van der Waals surface area contributed by atoms with Crippen LogP contribution in [0.2, 0.25) is 0 Å². The standard InChI is InChI=1S/C24H24N2O3/c1-17-8-7-9-18(2)22(17)25-24(28)23(19-10-5-4-6-11-19)26(16-27)20-12-14-21(29-3)15-13-20/h4-16,23H,1-3H3,(H,25,28)/t23-/m1/s1. The summed E-state index contributed by atoms with van der Waals surface area (Å²) in [5, 5.41) is 3.02. The van der Waals surface area contributed by atoms with Gasteiger partial charge in [0.25, 0.3) is 5.91 Å². The zero-order valence-corrected chi connectivity index (χ0v) is 16.8. The molecular formula is C24H24N2O3. The quantitative estimate of drug-likeness (QED) is 0.599. The van der Waals surface area contributed by atoms with Gasteiger partial charge in [-0.2, -0.15) is 0 Å². The van der Waals surface area contributed by atoms with E-state index in [2.05, 4.69) is 5.32 Å². The molecule has 0 aliphatic carbocycles. The Morgan fingerprint density at radius 3 is 2.10 bits per heavy atom. The summed E-state index contributed by atoms with van der Waals surface area (Å²) in [6.07, 6.45) is 0.684. The Labute approximate surface area is 170 Å². The normalized spacial score (nSPS) is 11.4. The second-order valence-corrected chi connectivity index (χ2v) is 6.78. The lowest BCUT2D eigenvalue weighted by Crippen LogP contribution is -2.37. The summed E-state index contributed by atoms with van der Waals surface area (Å²) in [7, 11) is 1.58. The predicted molar refractivity (Wildman–Crippen MR) is 115 cm³/mol. The molecule has 148 valence electrons. The molecule has 0 spiro atoms. The van der Waals surface area contributed by atoms with Gasteiger partial charge in [-0.1, -0.05) is 48.5 Å². The highest BCUT2D eigenvalue weighted by molar-refractivity contribution is 6.01. The first-order valence-electron chi connectivity index (χ1n) is 9.35. The number of para-hydroxylation sites is 1. The number of nitrogens with zero attached hydrogens (tertiary/aromatic N) is 1. The van der Waals surface area contributed by atoms with Crippen molar-refractivity contribution in [3.63, 3.8) is 0 Å². The van der Waals surface area contributed by atoms with Crippen LogP contribution in [0.15, 0.2) is 72.8 Å². The van der Waals surface area contributed by atoms with Gasteiger partial charge in [-0.05, 0) is 54.8 Å². The van der Waals surface area contributed by atoms with Crippen LogP contribution in [0.4, 0.5) is 11.4 Å². The molecule has 29 heavy (non-hydrogen) atoms. The minimum Gasteiger partial charge on any atom is -0.497 e. The summed E-state index contributed by atoms with van der Waals surface area (Å²) in [6, 6.07) is 21.3. The summed E-state index contributed by atoms with van der Waals surface area (Å²) >= 11 is 0. The van der Waals surface area contributed by atoms with Crippen molar-refractivity contribution in [2.75, 3.05) is 17.3 Å². The molecule has 3 aromatic rings. The maximum absolute atomic E-state index is 13.4. The first kappa shape index (κ1) is 20.1. The van der Waals surface area contributed by atoms with Gasteiger partial charge in [0.05, 0.1) is 7.11 Å². The van der Waals surface area contributed by atoms with E-state index in [1.54, 1.807) is 31.4 Å². The number of rotatable bonds is 7. The molecule has 0 saturated heterocycles. The Balaban J connectivity index is 2.01. The molecule has 5 heteroatoms. The number of ether oxygens (including phenoxy) is 1. The average Bonchev–Trinajstić information content (AvgIpc) is 2.75. The molecule has 3 rings (SSSR count). The molecule has 0 radical (unpaired) electrons. The van der Waals surface area contributed by atoms with Crippen molar-refractivity contribution in [1.29, 1.82) is 0 Å². The average molecular weight is 388 g/mol. The molecule has 0 heterocycles. The Bertz CT molecular complexity index is 965. The molecule has 0 unspecified atom stereocenters. The van der Waals surface area contributed by atoms with Crippen molar-refractivity contribution in [3.8, 4) is 5.75 Å². The van der Waals surface area contributed by atoms with E-state index in [1.165, 1.54) is 4.90 Å². The number of hydrogen-bond acceptors (Lipinski definition) is 3.